The second kappa shape index (κ2) is 6.14. The van der Waals surface area contributed by atoms with E-state index in [2.05, 4.69) is 11.1 Å². The molecular weight excluding hydrogens is 366 g/mol. The van der Waals surface area contributed by atoms with Crippen LogP contribution in [0.1, 0.15) is 29.8 Å². The third-order valence-corrected chi connectivity index (χ3v) is 6.08. The fraction of sp³-hybridized carbons (Fsp3) is 0.318. The van der Waals surface area contributed by atoms with Crippen molar-refractivity contribution in [3.05, 3.63) is 65.5 Å². The lowest BCUT2D eigenvalue weighted by molar-refractivity contribution is -0.289. The first kappa shape index (κ1) is 18.6. The fourth-order valence-electron chi connectivity index (χ4n) is 4.45. The van der Waals surface area contributed by atoms with Crippen LogP contribution in [0.4, 0.5) is 0 Å². The van der Waals surface area contributed by atoms with Crippen LogP contribution in [0.3, 0.4) is 0 Å². The van der Waals surface area contributed by atoms with Gasteiger partial charge >= 0.3 is 0 Å². The molecule has 0 aliphatic carbocycles. The average molecular weight is 383 g/mol. The second-order valence-corrected chi connectivity index (χ2v) is 7.39. The molecule has 2 aromatic rings. The average Bonchev–Trinajstić information content (AvgIpc) is 2.91. The smallest absolute Gasteiger partial charge is 0.244 e. The topological polar surface area (TPSA) is 127 Å². The summed E-state index contributed by atoms with van der Waals surface area (Å²) in [7, 11) is 0. The third kappa shape index (κ3) is 2.07. The van der Waals surface area contributed by atoms with Gasteiger partial charge < -0.3 is 9.47 Å². The Morgan fingerprint density at radius 3 is 2.28 bits per heavy atom. The minimum Gasteiger partial charge on any atom is -0.443 e. The Balaban J connectivity index is 2.04. The maximum absolute atomic E-state index is 10.2. The molecule has 0 amide bonds. The van der Waals surface area contributed by atoms with Gasteiger partial charge in [0.05, 0.1) is 29.8 Å². The maximum atomic E-state index is 10.2. The van der Waals surface area contributed by atoms with Crippen molar-refractivity contribution in [3.63, 3.8) is 0 Å². The van der Waals surface area contributed by atoms with Crippen LogP contribution >= 0.6 is 0 Å². The predicted octanol–water partition coefficient (Wildman–Crippen LogP) is 3.50. The Labute approximate surface area is 168 Å². The molecule has 1 aromatic carbocycles. The zero-order valence-corrected chi connectivity index (χ0v) is 15.9. The summed E-state index contributed by atoms with van der Waals surface area (Å²) in [6, 6.07) is 18.6. The Morgan fingerprint density at radius 1 is 1.03 bits per heavy atom. The van der Waals surface area contributed by atoms with Gasteiger partial charge in [-0.3, -0.25) is 10.4 Å². The number of nitriles is 3. The molecule has 2 saturated heterocycles. The number of pyridine rings is 1. The van der Waals surface area contributed by atoms with Crippen LogP contribution in [0.5, 0.6) is 0 Å². The van der Waals surface area contributed by atoms with Crippen molar-refractivity contribution in [3.8, 4) is 18.2 Å². The molecule has 142 valence electrons. The van der Waals surface area contributed by atoms with E-state index < -0.39 is 34.5 Å². The number of fused-ring (bicyclic) bond motifs is 2. The highest BCUT2D eigenvalue weighted by atomic mass is 16.7. The summed E-state index contributed by atoms with van der Waals surface area (Å²) in [4.78, 5) is 4.28. The summed E-state index contributed by atoms with van der Waals surface area (Å²) in [5.41, 5.74) is -1.85. The number of aryl methyl sites for hydroxylation is 1. The SMILES string of the molecule is Cc1ccc(C23OC(=N)C(C#N)(C2C)C(C#N)(C#N)C(c2ccccn2)O3)cc1. The van der Waals surface area contributed by atoms with E-state index in [1.165, 1.54) is 6.20 Å². The normalized spacial score (nSPS) is 31.8. The number of nitrogens with zero attached hydrogens (tertiary/aromatic N) is 4. The number of aromatic nitrogens is 1. The van der Waals surface area contributed by atoms with Crippen molar-refractivity contribution >= 4 is 5.90 Å². The minimum atomic E-state index is -2.00. The van der Waals surface area contributed by atoms with Crippen molar-refractivity contribution in [2.75, 3.05) is 0 Å². The van der Waals surface area contributed by atoms with Crippen molar-refractivity contribution in [1.29, 1.82) is 21.2 Å². The highest BCUT2D eigenvalue weighted by Gasteiger charge is 2.80. The van der Waals surface area contributed by atoms with Gasteiger partial charge in [-0.05, 0) is 19.1 Å². The molecule has 7 nitrogen and oxygen atoms in total. The van der Waals surface area contributed by atoms with E-state index in [1.807, 2.05) is 43.3 Å². The quantitative estimate of drug-likeness (QED) is 0.845. The molecule has 2 fully saturated rings. The van der Waals surface area contributed by atoms with E-state index in [1.54, 1.807) is 25.1 Å². The lowest BCUT2D eigenvalue weighted by Gasteiger charge is -2.48. The van der Waals surface area contributed by atoms with Crippen LogP contribution in [-0.4, -0.2) is 10.9 Å². The molecule has 0 spiro atoms. The van der Waals surface area contributed by atoms with Crippen LogP contribution < -0.4 is 0 Å². The number of nitrogens with one attached hydrogen (secondary N) is 1. The first-order valence-corrected chi connectivity index (χ1v) is 9.09. The Hall–Kier alpha value is -3.73. The van der Waals surface area contributed by atoms with Gasteiger partial charge in [-0.15, -0.1) is 0 Å². The van der Waals surface area contributed by atoms with Crippen LogP contribution in [-0.2, 0) is 15.3 Å². The van der Waals surface area contributed by atoms with Gasteiger partial charge in [0.2, 0.25) is 17.1 Å². The monoisotopic (exact) mass is 383 g/mol. The Kier molecular flexibility index (Phi) is 3.94. The summed E-state index contributed by atoms with van der Waals surface area (Å²) in [6.45, 7) is 3.62. The molecule has 7 heteroatoms. The van der Waals surface area contributed by atoms with Gasteiger partial charge in [0.1, 0.15) is 6.10 Å². The summed E-state index contributed by atoms with van der Waals surface area (Å²) in [6.07, 6.45) is 0.348. The minimum absolute atomic E-state index is 0.330. The van der Waals surface area contributed by atoms with E-state index in [-0.39, 0.29) is 0 Å². The number of hydrogen-bond acceptors (Lipinski definition) is 7. The van der Waals surface area contributed by atoms with Crippen molar-refractivity contribution in [2.24, 2.45) is 16.7 Å². The fourth-order valence-corrected chi connectivity index (χ4v) is 4.45. The van der Waals surface area contributed by atoms with Crippen molar-refractivity contribution in [1.82, 2.24) is 4.98 Å². The van der Waals surface area contributed by atoms with Crippen molar-refractivity contribution < 1.29 is 9.47 Å². The Morgan fingerprint density at radius 2 is 1.72 bits per heavy atom. The number of rotatable bonds is 2. The summed E-state index contributed by atoms with van der Waals surface area (Å²) < 4.78 is 12.3. The van der Waals surface area contributed by atoms with Gasteiger partial charge in [-0.1, -0.05) is 42.8 Å². The molecule has 1 N–H and O–H groups in total. The van der Waals surface area contributed by atoms with Crippen LogP contribution in [0.25, 0.3) is 0 Å². The lowest BCUT2D eigenvalue weighted by atomic mass is 9.54. The summed E-state index contributed by atoms with van der Waals surface area (Å²) >= 11 is 0. The van der Waals surface area contributed by atoms with Crippen molar-refractivity contribution in [2.45, 2.75) is 25.7 Å². The standard InChI is InChI=1S/C22H17N5O2/c1-14-6-8-16(9-7-14)22-15(2)21(13-25,19(26)29-22)20(11-23,12-24)18(28-22)17-5-3-4-10-27-17/h3-10,15,18,26H,1-2H3. The third-order valence-electron chi connectivity index (χ3n) is 6.08. The van der Waals surface area contributed by atoms with Gasteiger partial charge in [0.25, 0.3) is 0 Å². The molecule has 4 atom stereocenters. The molecule has 0 saturated carbocycles. The van der Waals surface area contributed by atoms with Crippen LogP contribution in [0.2, 0.25) is 0 Å². The molecule has 2 bridgehead atoms. The molecule has 0 radical (unpaired) electrons. The zero-order chi connectivity index (χ0) is 20.9. The molecule has 2 aliphatic rings. The van der Waals surface area contributed by atoms with E-state index in [0.29, 0.717) is 11.3 Å². The lowest BCUT2D eigenvalue weighted by Crippen LogP contribution is -2.57. The molecular formula is C22H17N5O2. The molecule has 1 aromatic heterocycles. The predicted molar refractivity (Wildman–Crippen MR) is 101 cm³/mol. The van der Waals surface area contributed by atoms with E-state index in [0.717, 1.165) is 5.56 Å². The van der Waals surface area contributed by atoms with E-state index >= 15 is 0 Å². The second-order valence-electron chi connectivity index (χ2n) is 7.39. The first-order chi connectivity index (χ1) is 13.9. The Bertz CT molecular complexity index is 1100. The van der Waals surface area contributed by atoms with Gasteiger partial charge in [-0.25, -0.2) is 0 Å². The highest BCUT2D eigenvalue weighted by Crippen LogP contribution is 2.68. The number of hydrogen-bond donors (Lipinski definition) is 1. The largest absolute Gasteiger partial charge is 0.443 e. The summed E-state index contributed by atoms with van der Waals surface area (Å²) in [5.74, 6) is -2.70. The first-order valence-electron chi connectivity index (χ1n) is 9.09. The molecule has 4 rings (SSSR count). The van der Waals surface area contributed by atoms with Crippen LogP contribution in [0, 0.1) is 63.1 Å². The molecule has 29 heavy (non-hydrogen) atoms. The number of ether oxygens (including phenoxy) is 2. The van der Waals surface area contributed by atoms with E-state index in [9.17, 15) is 15.8 Å². The highest BCUT2D eigenvalue weighted by molar-refractivity contribution is 5.89. The van der Waals surface area contributed by atoms with Gasteiger partial charge in [0, 0.05) is 11.8 Å². The maximum Gasteiger partial charge on any atom is 0.244 e. The van der Waals surface area contributed by atoms with Gasteiger partial charge in [-0.2, -0.15) is 15.8 Å². The molecule has 3 heterocycles. The zero-order valence-electron chi connectivity index (χ0n) is 15.9. The molecule has 4 unspecified atom stereocenters. The van der Waals surface area contributed by atoms with Gasteiger partial charge in [0.15, 0.2) is 5.41 Å². The molecule has 2 aliphatic heterocycles. The number of benzene rings is 1. The summed E-state index contributed by atoms with van der Waals surface area (Å²) in [5, 5.41) is 39.0. The van der Waals surface area contributed by atoms with E-state index in [4.69, 9.17) is 14.9 Å². The van der Waals surface area contributed by atoms with Crippen LogP contribution in [0.15, 0.2) is 48.7 Å².